The van der Waals surface area contributed by atoms with Crippen LogP contribution in [0.15, 0.2) is 54.6 Å². The van der Waals surface area contributed by atoms with E-state index in [1.807, 2.05) is 18.2 Å². The third-order valence-electron chi connectivity index (χ3n) is 4.77. The van der Waals surface area contributed by atoms with Crippen molar-refractivity contribution in [3.63, 3.8) is 0 Å². The molecule has 0 atom stereocenters. The van der Waals surface area contributed by atoms with Gasteiger partial charge in [-0.15, -0.1) is 0 Å². The number of hydrogen-bond acceptors (Lipinski definition) is 2. The van der Waals surface area contributed by atoms with Crippen LogP contribution >= 0.6 is 0 Å². The number of nitrogens with one attached hydrogen (secondary N) is 1. The van der Waals surface area contributed by atoms with Crippen LogP contribution in [0, 0.1) is 0 Å². The molecule has 4 heteroatoms. The second-order valence-corrected chi connectivity index (χ2v) is 6.78. The van der Waals surface area contributed by atoms with Gasteiger partial charge in [0.2, 0.25) is 5.91 Å². The number of carbonyl (C=O) groups is 2. The Labute approximate surface area is 141 Å². The summed E-state index contributed by atoms with van der Waals surface area (Å²) in [6, 6.07) is 17.1. The average Bonchev–Trinajstić information content (AvgIpc) is 2.54. The van der Waals surface area contributed by atoms with Crippen LogP contribution in [0.25, 0.3) is 0 Å². The van der Waals surface area contributed by atoms with Gasteiger partial charge in [0.15, 0.2) is 0 Å². The molecule has 0 aromatic heterocycles. The Morgan fingerprint density at radius 3 is 2.50 bits per heavy atom. The van der Waals surface area contributed by atoms with Crippen molar-refractivity contribution in [3.8, 4) is 0 Å². The predicted molar refractivity (Wildman–Crippen MR) is 92.1 cm³/mol. The molecule has 1 amide bonds. The minimum Gasteiger partial charge on any atom is -0.478 e. The van der Waals surface area contributed by atoms with Gasteiger partial charge in [-0.2, -0.15) is 0 Å². The molecule has 2 N–H and O–H groups in total. The van der Waals surface area contributed by atoms with E-state index in [1.165, 1.54) is 11.6 Å². The van der Waals surface area contributed by atoms with Crippen molar-refractivity contribution in [1.82, 2.24) is 5.32 Å². The zero-order valence-corrected chi connectivity index (χ0v) is 13.7. The molecule has 1 aliphatic rings. The first-order valence-corrected chi connectivity index (χ1v) is 8.13. The van der Waals surface area contributed by atoms with Gasteiger partial charge in [-0.3, -0.25) is 4.79 Å². The third-order valence-corrected chi connectivity index (χ3v) is 4.77. The first-order valence-electron chi connectivity index (χ1n) is 8.13. The lowest BCUT2D eigenvalue weighted by Gasteiger charge is -2.46. The number of carbonyl (C=O) groups excluding carboxylic acids is 1. The normalized spacial score (nSPS) is 22.5. The zero-order chi connectivity index (χ0) is 17.2. The van der Waals surface area contributed by atoms with E-state index in [1.54, 1.807) is 18.2 Å². The van der Waals surface area contributed by atoms with E-state index in [2.05, 4.69) is 24.4 Å². The van der Waals surface area contributed by atoms with Gasteiger partial charge in [-0.05, 0) is 41.5 Å². The monoisotopic (exact) mass is 323 g/mol. The Hall–Kier alpha value is -2.62. The van der Waals surface area contributed by atoms with E-state index >= 15 is 0 Å². The van der Waals surface area contributed by atoms with Crippen molar-refractivity contribution in [2.75, 3.05) is 0 Å². The standard InChI is InChI=1S/C20H21NO3/c1-20(16-8-3-2-4-9-16)12-17(13-20)21-18(22)11-14-6-5-7-15(10-14)19(23)24/h2-10,17H,11-13H2,1H3,(H,21,22)(H,23,24). The quantitative estimate of drug-likeness (QED) is 0.888. The summed E-state index contributed by atoms with van der Waals surface area (Å²) in [7, 11) is 0. The number of carboxylic acid groups (broad SMARTS) is 1. The maximum absolute atomic E-state index is 12.2. The summed E-state index contributed by atoms with van der Waals surface area (Å²) in [6.45, 7) is 2.22. The minimum absolute atomic E-state index is 0.0577. The molecule has 0 unspecified atom stereocenters. The summed E-state index contributed by atoms with van der Waals surface area (Å²) >= 11 is 0. The number of aromatic carboxylic acids is 1. The predicted octanol–water partition coefficient (Wildman–Crippen LogP) is 3.16. The molecule has 124 valence electrons. The van der Waals surface area contributed by atoms with Gasteiger partial charge in [0.25, 0.3) is 0 Å². The fourth-order valence-electron chi connectivity index (χ4n) is 3.48. The van der Waals surface area contributed by atoms with Gasteiger partial charge < -0.3 is 10.4 Å². The summed E-state index contributed by atoms with van der Waals surface area (Å²) in [5.41, 5.74) is 2.37. The second kappa shape index (κ2) is 6.48. The largest absolute Gasteiger partial charge is 0.478 e. The van der Waals surface area contributed by atoms with Crippen LogP contribution in [0.4, 0.5) is 0 Å². The number of rotatable bonds is 5. The second-order valence-electron chi connectivity index (χ2n) is 6.78. The van der Waals surface area contributed by atoms with Crippen LogP contribution in [-0.2, 0) is 16.6 Å². The first-order chi connectivity index (χ1) is 11.5. The molecule has 0 heterocycles. The highest BCUT2D eigenvalue weighted by Crippen LogP contribution is 2.43. The minimum atomic E-state index is -0.977. The van der Waals surface area contributed by atoms with Crippen LogP contribution in [0.3, 0.4) is 0 Å². The molecule has 0 aliphatic heterocycles. The lowest BCUT2D eigenvalue weighted by atomic mass is 9.63. The average molecular weight is 323 g/mol. The molecule has 0 spiro atoms. The SMILES string of the molecule is CC1(c2ccccc2)CC(NC(=O)Cc2cccc(C(=O)O)c2)C1. The zero-order valence-electron chi connectivity index (χ0n) is 13.7. The van der Waals surface area contributed by atoms with Crippen molar-refractivity contribution < 1.29 is 14.7 Å². The highest BCUT2D eigenvalue weighted by Gasteiger charge is 2.41. The molecule has 2 aromatic rings. The maximum Gasteiger partial charge on any atom is 0.335 e. The number of amides is 1. The molecular formula is C20H21NO3. The van der Waals surface area contributed by atoms with E-state index in [4.69, 9.17) is 5.11 Å². The molecule has 1 saturated carbocycles. The lowest BCUT2D eigenvalue weighted by Crippen LogP contribution is -2.52. The van der Waals surface area contributed by atoms with Crippen molar-refractivity contribution in [1.29, 1.82) is 0 Å². The van der Waals surface area contributed by atoms with Crippen LogP contribution in [-0.4, -0.2) is 23.0 Å². The first kappa shape index (κ1) is 16.2. The van der Waals surface area contributed by atoms with Gasteiger partial charge in [-0.1, -0.05) is 49.4 Å². The molecule has 3 rings (SSSR count). The molecule has 1 fully saturated rings. The van der Waals surface area contributed by atoms with E-state index in [9.17, 15) is 9.59 Å². The lowest BCUT2D eigenvalue weighted by molar-refractivity contribution is -0.122. The smallest absolute Gasteiger partial charge is 0.335 e. The Balaban J connectivity index is 1.54. The van der Waals surface area contributed by atoms with Crippen molar-refractivity contribution >= 4 is 11.9 Å². The molecule has 0 saturated heterocycles. The van der Waals surface area contributed by atoms with E-state index in [0.29, 0.717) is 0 Å². The molecule has 24 heavy (non-hydrogen) atoms. The van der Waals surface area contributed by atoms with Crippen molar-refractivity contribution in [3.05, 3.63) is 71.3 Å². The molecule has 1 aliphatic carbocycles. The fraction of sp³-hybridized carbons (Fsp3) is 0.300. The Kier molecular flexibility index (Phi) is 4.38. The van der Waals surface area contributed by atoms with Crippen LogP contribution < -0.4 is 5.32 Å². The third kappa shape index (κ3) is 3.48. The van der Waals surface area contributed by atoms with E-state index < -0.39 is 5.97 Å². The molecule has 0 bridgehead atoms. The van der Waals surface area contributed by atoms with Gasteiger partial charge in [0.1, 0.15) is 0 Å². The molecule has 2 aromatic carbocycles. The molecular weight excluding hydrogens is 302 g/mol. The summed E-state index contributed by atoms with van der Waals surface area (Å²) < 4.78 is 0. The van der Waals surface area contributed by atoms with Crippen LogP contribution in [0.1, 0.15) is 41.3 Å². The summed E-state index contributed by atoms with van der Waals surface area (Å²) in [4.78, 5) is 23.2. The summed E-state index contributed by atoms with van der Waals surface area (Å²) in [5, 5.41) is 12.1. The Morgan fingerprint density at radius 1 is 1.12 bits per heavy atom. The van der Waals surface area contributed by atoms with Crippen LogP contribution in [0.2, 0.25) is 0 Å². The Morgan fingerprint density at radius 2 is 1.83 bits per heavy atom. The highest BCUT2D eigenvalue weighted by molar-refractivity contribution is 5.88. The highest BCUT2D eigenvalue weighted by atomic mass is 16.4. The van der Waals surface area contributed by atoms with Gasteiger partial charge in [0, 0.05) is 6.04 Å². The van der Waals surface area contributed by atoms with Gasteiger partial charge >= 0.3 is 5.97 Å². The summed E-state index contributed by atoms with van der Waals surface area (Å²) in [5.74, 6) is -1.03. The van der Waals surface area contributed by atoms with E-state index in [0.717, 1.165) is 18.4 Å². The number of benzene rings is 2. The van der Waals surface area contributed by atoms with Crippen molar-refractivity contribution in [2.24, 2.45) is 0 Å². The van der Waals surface area contributed by atoms with Gasteiger partial charge in [0.05, 0.1) is 12.0 Å². The van der Waals surface area contributed by atoms with Crippen molar-refractivity contribution in [2.45, 2.75) is 37.6 Å². The fourth-order valence-corrected chi connectivity index (χ4v) is 3.48. The topological polar surface area (TPSA) is 66.4 Å². The van der Waals surface area contributed by atoms with Gasteiger partial charge in [-0.25, -0.2) is 4.79 Å². The summed E-state index contributed by atoms with van der Waals surface area (Å²) in [6.07, 6.45) is 2.06. The molecule has 0 radical (unpaired) electrons. The number of hydrogen-bond donors (Lipinski definition) is 2. The number of carboxylic acids is 1. The Bertz CT molecular complexity index is 748. The molecule has 4 nitrogen and oxygen atoms in total. The van der Waals surface area contributed by atoms with E-state index in [-0.39, 0.29) is 29.3 Å². The van der Waals surface area contributed by atoms with Crippen LogP contribution in [0.5, 0.6) is 0 Å². The maximum atomic E-state index is 12.2.